The summed E-state index contributed by atoms with van der Waals surface area (Å²) in [5, 5.41) is 4.05. The summed E-state index contributed by atoms with van der Waals surface area (Å²) in [7, 11) is 0. The minimum absolute atomic E-state index is 0.0990. The standard InChI is InChI=1S/C11H16N4O2/c1-8-4-5-13-15(8)7-10(16)14-6-2-3-9(14)11(12)17/h4-5,9H,2-3,6-7H2,1H3,(H2,12,17). The SMILES string of the molecule is Cc1ccnn1CC(=O)N1CCCC1C(N)=O. The molecule has 2 amide bonds. The minimum Gasteiger partial charge on any atom is -0.368 e. The maximum absolute atomic E-state index is 12.0. The molecule has 1 aromatic rings. The lowest BCUT2D eigenvalue weighted by Crippen LogP contribution is -2.45. The van der Waals surface area contributed by atoms with Crippen LogP contribution >= 0.6 is 0 Å². The van der Waals surface area contributed by atoms with Gasteiger partial charge in [0, 0.05) is 18.4 Å². The molecule has 0 aromatic carbocycles. The van der Waals surface area contributed by atoms with Gasteiger partial charge in [-0.05, 0) is 25.8 Å². The molecule has 1 unspecified atom stereocenters. The van der Waals surface area contributed by atoms with Gasteiger partial charge in [-0.15, -0.1) is 0 Å². The molecule has 92 valence electrons. The van der Waals surface area contributed by atoms with Crippen molar-refractivity contribution >= 4 is 11.8 Å². The molecule has 1 atom stereocenters. The van der Waals surface area contributed by atoms with E-state index < -0.39 is 11.9 Å². The number of primary amides is 1. The predicted molar refractivity (Wildman–Crippen MR) is 60.9 cm³/mol. The van der Waals surface area contributed by atoms with Crippen molar-refractivity contribution in [3.63, 3.8) is 0 Å². The first-order valence-corrected chi connectivity index (χ1v) is 5.67. The van der Waals surface area contributed by atoms with Gasteiger partial charge < -0.3 is 10.6 Å². The van der Waals surface area contributed by atoms with Crippen LogP contribution in [0.25, 0.3) is 0 Å². The molecule has 2 rings (SSSR count). The number of nitrogens with zero attached hydrogens (tertiary/aromatic N) is 3. The third kappa shape index (κ3) is 2.30. The van der Waals surface area contributed by atoms with Crippen LogP contribution in [0.5, 0.6) is 0 Å². The van der Waals surface area contributed by atoms with E-state index in [9.17, 15) is 9.59 Å². The molecule has 0 saturated carbocycles. The second kappa shape index (κ2) is 4.57. The van der Waals surface area contributed by atoms with Gasteiger partial charge in [0.2, 0.25) is 11.8 Å². The molecule has 2 heterocycles. The molecule has 0 bridgehead atoms. The second-order valence-corrected chi connectivity index (χ2v) is 4.28. The van der Waals surface area contributed by atoms with E-state index in [1.54, 1.807) is 15.8 Å². The van der Waals surface area contributed by atoms with Crippen molar-refractivity contribution in [2.45, 2.75) is 32.4 Å². The van der Waals surface area contributed by atoms with Gasteiger partial charge in [-0.3, -0.25) is 14.3 Å². The molecule has 6 heteroatoms. The highest BCUT2D eigenvalue weighted by Gasteiger charge is 2.32. The number of aryl methyl sites for hydroxylation is 1. The molecule has 17 heavy (non-hydrogen) atoms. The van der Waals surface area contributed by atoms with Crippen LogP contribution in [-0.2, 0) is 16.1 Å². The molecule has 0 aliphatic carbocycles. The van der Waals surface area contributed by atoms with E-state index >= 15 is 0 Å². The summed E-state index contributed by atoms with van der Waals surface area (Å²) in [6.45, 7) is 2.66. The van der Waals surface area contributed by atoms with Gasteiger partial charge in [-0.1, -0.05) is 0 Å². The van der Waals surface area contributed by atoms with E-state index in [0.717, 1.165) is 12.1 Å². The van der Waals surface area contributed by atoms with Crippen LogP contribution in [0, 0.1) is 6.92 Å². The highest BCUT2D eigenvalue weighted by molar-refractivity contribution is 5.87. The molecule has 0 spiro atoms. The van der Waals surface area contributed by atoms with Crippen molar-refractivity contribution in [3.8, 4) is 0 Å². The Morgan fingerprint density at radius 3 is 2.94 bits per heavy atom. The molecule has 1 fully saturated rings. The lowest BCUT2D eigenvalue weighted by molar-refractivity contribution is -0.137. The molecule has 1 aliphatic rings. The molecule has 6 nitrogen and oxygen atoms in total. The van der Waals surface area contributed by atoms with E-state index in [1.165, 1.54) is 0 Å². The summed E-state index contributed by atoms with van der Waals surface area (Å²) < 4.78 is 1.62. The topological polar surface area (TPSA) is 81.2 Å². The van der Waals surface area contributed by atoms with Gasteiger partial charge in [-0.25, -0.2) is 0 Å². The fraction of sp³-hybridized carbons (Fsp3) is 0.545. The summed E-state index contributed by atoms with van der Waals surface area (Å²) in [6, 6.07) is 1.39. The average molecular weight is 236 g/mol. The molecule has 1 aliphatic heterocycles. The fourth-order valence-corrected chi connectivity index (χ4v) is 2.14. The Morgan fingerprint density at radius 1 is 1.59 bits per heavy atom. The molecular weight excluding hydrogens is 220 g/mol. The highest BCUT2D eigenvalue weighted by atomic mass is 16.2. The third-order valence-corrected chi connectivity index (χ3v) is 3.12. The van der Waals surface area contributed by atoms with Crippen LogP contribution in [0.3, 0.4) is 0 Å². The molecule has 0 radical (unpaired) electrons. The van der Waals surface area contributed by atoms with E-state index in [4.69, 9.17) is 5.73 Å². The zero-order chi connectivity index (χ0) is 12.4. The maximum Gasteiger partial charge on any atom is 0.244 e. The van der Waals surface area contributed by atoms with Gasteiger partial charge in [-0.2, -0.15) is 5.10 Å². The van der Waals surface area contributed by atoms with Crippen LogP contribution in [0.1, 0.15) is 18.5 Å². The first-order valence-electron chi connectivity index (χ1n) is 5.67. The molecule has 2 N–H and O–H groups in total. The lowest BCUT2D eigenvalue weighted by atomic mass is 10.2. The predicted octanol–water partition coefficient (Wildman–Crippen LogP) is -0.332. The number of hydrogen-bond acceptors (Lipinski definition) is 3. The molecule has 1 saturated heterocycles. The number of rotatable bonds is 3. The number of hydrogen-bond donors (Lipinski definition) is 1. The van der Waals surface area contributed by atoms with Crippen LogP contribution in [0.4, 0.5) is 0 Å². The number of amides is 2. The van der Waals surface area contributed by atoms with Crippen LogP contribution < -0.4 is 5.73 Å². The van der Waals surface area contributed by atoms with Gasteiger partial charge in [0.15, 0.2) is 0 Å². The third-order valence-electron chi connectivity index (χ3n) is 3.12. The van der Waals surface area contributed by atoms with Crippen molar-refractivity contribution in [1.29, 1.82) is 0 Å². The maximum atomic E-state index is 12.0. The zero-order valence-electron chi connectivity index (χ0n) is 9.80. The number of likely N-dealkylation sites (tertiary alicyclic amines) is 1. The summed E-state index contributed by atoms with van der Waals surface area (Å²) in [6.07, 6.45) is 3.15. The Labute approximate surface area is 99.4 Å². The summed E-state index contributed by atoms with van der Waals surface area (Å²) >= 11 is 0. The van der Waals surface area contributed by atoms with Crippen LogP contribution in [0.2, 0.25) is 0 Å². The Morgan fingerprint density at radius 2 is 2.35 bits per heavy atom. The van der Waals surface area contributed by atoms with Crippen molar-refractivity contribution < 1.29 is 9.59 Å². The van der Waals surface area contributed by atoms with Crippen molar-refractivity contribution in [2.24, 2.45) is 5.73 Å². The van der Waals surface area contributed by atoms with E-state index in [0.29, 0.717) is 13.0 Å². The smallest absolute Gasteiger partial charge is 0.244 e. The Hall–Kier alpha value is -1.85. The average Bonchev–Trinajstić information content (AvgIpc) is 2.87. The quantitative estimate of drug-likeness (QED) is 0.780. The Kier molecular flexibility index (Phi) is 3.12. The zero-order valence-corrected chi connectivity index (χ0v) is 9.80. The van der Waals surface area contributed by atoms with Crippen LogP contribution in [-0.4, -0.2) is 39.1 Å². The van der Waals surface area contributed by atoms with Gasteiger partial charge in [0.25, 0.3) is 0 Å². The first kappa shape index (κ1) is 11.6. The summed E-state index contributed by atoms with van der Waals surface area (Å²) in [4.78, 5) is 24.8. The number of nitrogens with two attached hydrogens (primary N) is 1. The highest BCUT2D eigenvalue weighted by Crippen LogP contribution is 2.17. The Balaban J connectivity index is 2.05. The molecule has 1 aromatic heterocycles. The summed E-state index contributed by atoms with van der Waals surface area (Å²) in [5.41, 5.74) is 6.20. The van der Waals surface area contributed by atoms with Crippen molar-refractivity contribution in [1.82, 2.24) is 14.7 Å². The normalized spacial score (nSPS) is 19.6. The fourth-order valence-electron chi connectivity index (χ4n) is 2.14. The monoisotopic (exact) mass is 236 g/mol. The minimum atomic E-state index is -0.446. The van der Waals surface area contributed by atoms with E-state index in [1.807, 2.05) is 13.0 Å². The van der Waals surface area contributed by atoms with Gasteiger partial charge >= 0.3 is 0 Å². The first-order chi connectivity index (χ1) is 8.09. The Bertz CT molecular complexity index is 440. The van der Waals surface area contributed by atoms with Gasteiger partial charge in [0.1, 0.15) is 12.6 Å². The van der Waals surface area contributed by atoms with Crippen LogP contribution in [0.15, 0.2) is 12.3 Å². The largest absolute Gasteiger partial charge is 0.368 e. The lowest BCUT2D eigenvalue weighted by Gasteiger charge is -2.22. The van der Waals surface area contributed by atoms with E-state index in [2.05, 4.69) is 5.10 Å². The summed E-state index contributed by atoms with van der Waals surface area (Å²) in [5.74, 6) is -0.522. The molecular formula is C11H16N4O2. The van der Waals surface area contributed by atoms with Gasteiger partial charge in [0.05, 0.1) is 0 Å². The number of carbonyl (C=O) groups is 2. The van der Waals surface area contributed by atoms with E-state index in [-0.39, 0.29) is 12.5 Å². The second-order valence-electron chi connectivity index (χ2n) is 4.28. The number of aromatic nitrogens is 2. The van der Waals surface area contributed by atoms with Crippen molar-refractivity contribution in [2.75, 3.05) is 6.54 Å². The number of carbonyl (C=O) groups excluding carboxylic acids is 2. The van der Waals surface area contributed by atoms with Crippen molar-refractivity contribution in [3.05, 3.63) is 18.0 Å².